The van der Waals surface area contributed by atoms with Crippen LogP contribution in [-0.2, 0) is 6.42 Å². The first kappa shape index (κ1) is 16.1. The van der Waals surface area contributed by atoms with Crippen LogP contribution in [0.15, 0.2) is 41.2 Å². The van der Waals surface area contributed by atoms with Gasteiger partial charge in [-0.2, -0.15) is 4.98 Å². The SMILES string of the molecule is Cc1ccc(CCNc2cc(-c3nc(C(C)C)no3)ccn2)cn1. The lowest BCUT2D eigenvalue weighted by Crippen LogP contribution is -2.06. The summed E-state index contributed by atoms with van der Waals surface area (Å²) in [6, 6.07) is 7.91. The molecule has 0 saturated carbocycles. The standard InChI is InChI=1S/C18H21N5O/c1-12(2)17-22-18(24-23-17)15-7-9-20-16(10-15)19-8-6-14-5-4-13(3)21-11-14/h4-5,7,9-12H,6,8H2,1-3H3,(H,19,20). The fourth-order valence-electron chi connectivity index (χ4n) is 2.23. The number of nitrogens with one attached hydrogen (secondary N) is 1. The Kier molecular flexibility index (Phi) is 4.84. The van der Waals surface area contributed by atoms with Gasteiger partial charge in [-0.25, -0.2) is 4.98 Å². The summed E-state index contributed by atoms with van der Waals surface area (Å²) >= 11 is 0. The van der Waals surface area contributed by atoms with Gasteiger partial charge in [-0.05, 0) is 37.1 Å². The molecule has 0 unspecified atom stereocenters. The molecule has 3 aromatic heterocycles. The van der Waals surface area contributed by atoms with Crippen LogP contribution in [0.4, 0.5) is 5.82 Å². The second-order valence-electron chi connectivity index (χ2n) is 6.03. The van der Waals surface area contributed by atoms with E-state index in [2.05, 4.69) is 31.5 Å². The smallest absolute Gasteiger partial charge is 0.258 e. The minimum atomic E-state index is 0.241. The summed E-state index contributed by atoms with van der Waals surface area (Å²) in [7, 11) is 0. The van der Waals surface area contributed by atoms with Gasteiger partial charge in [0.1, 0.15) is 5.82 Å². The Balaban J connectivity index is 1.63. The summed E-state index contributed by atoms with van der Waals surface area (Å²) in [6.07, 6.45) is 4.54. The van der Waals surface area contributed by atoms with Gasteiger partial charge in [-0.15, -0.1) is 0 Å². The molecule has 0 saturated heterocycles. The van der Waals surface area contributed by atoms with E-state index in [9.17, 15) is 0 Å². The third-order valence-corrected chi connectivity index (χ3v) is 3.66. The van der Waals surface area contributed by atoms with Crippen molar-refractivity contribution in [1.82, 2.24) is 20.1 Å². The number of anilines is 1. The molecule has 0 aliphatic rings. The lowest BCUT2D eigenvalue weighted by atomic mass is 10.2. The van der Waals surface area contributed by atoms with Crippen LogP contribution in [0.1, 0.15) is 36.8 Å². The molecule has 0 aromatic carbocycles. The van der Waals surface area contributed by atoms with Gasteiger partial charge in [0.25, 0.3) is 5.89 Å². The Bertz CT molecular complexity index is 795. The third-order valence-electron chi connectivity index (χ3n) is 3.66. The maximum atomic E-state index is 5.33. The molecule has 0 amide bonds. The maximum absolute atomic E-state index is 5.33. The Morgan fingerprint density at radius 3 is 2.75 bits per heavy atom. The van der Waals surface area contributed by atoms with Crippen molar-refractivity contribution in [3.63, 3.8) is 0 Å². The molecule has 0 bridgehead atoms. The van der Waals surface area contributed by atoms with E-state index < -0.39 is 0 Å². The van der Waals surface area contributed by atoms with E-state index in [4.69, 9.17) is 4.52 Å². The molecule has 0 spiro atoms. The highest BCUT2D eigenvalue weighted by Crippen LogP contribution is 2.21. The molecule has 24 heavy (non-hydrogen) atoms. The molecule has 6 heteroatoms. The summed E-state index contributed by atoms with van der Waals surface area (Å²) < 4.78 is 5.33. The largest absolute Gasteiger partial charge is 0.370 e. The van der Waals surface area contributed by atoms with Gasteiger partial charge in [0, 0.05) is 36.1 Å². The van der Waals surface area contributed by atoms with E-state index in [1.165, 1.54) is 5.56 Å². The summed E-state index contributed by atoms with van der Waals surface area (Å²) in [5, 5.41) is 7.32. The molecule has 6 nitrogen and oxygen atoms in total. The van der Waals surface area contributed by atoms with Gasteiger partial charge in [0.15, 0.2) is 5.82 Å². The van der Waals surface area contributed by atoms with Crippen molar-refractivity contribution < 1.29 is 4.52 Å². The van der Waals surface area contributed by atoms with Crippen LogP contribution >= 0.6 is 0 Å². The predicted octanol–water partition coefficient (Wildman–Crippen LogP) is 3.61. The highest BCUT2D eigenvalue weighted by molar-refractivity contribution is 5.57. The minimum absolute atomic E-state index is 0.241. The molecule has 0 aliphatic heterocycles. The van der Waals surface area contributed by atoms with Crippen molar-refractivity contribution in [2.24, 2.45) is 0 Å². The summed E-state index contributed by atoms with van der Waals surface area (Å²) in [4.78, 5) is 13.1. The third kappa shape index (κ3) is 3.95. The van der Waals surface area contributed by atoms with E-state index in [1.54, 1.807) is 6.20 Å². The zero-order valence-electron chi connectivity index (χ0n) is 14.2. The Morgan fingerprint density at radius 2 is 2.04 bits per heavy atom. The van der Waals surface area contributed by atoms with Gasteiger partial charge < -0.3 is 9.84 Å². The second-order valence-corrected chi connectivity index (χ2v) is 6.03. The number of pyridine rings is 2. The zero-order valence-corrected chi connectivity index (χ0v) is 14.2. The summed E-state index contributed by atoms with van der Waals surface area (Å²) in [6.45, 7) is 6.84. The second kappa shape index (κ2) is 7.21. The highest BCUT2D eigenvalue weighted by Gasteiger charge is 2.12. The number of aromatic nitrogens is 4. The van der Waals surface area contributed by atoms with Crippen LogP contribution in [0, 0.1) is 6.92 Å². The molecule has 0 aliphatic carbocycles. The highest BCUT2D eigenvalue weighted by atomic mass is 16.5. The molecule has 0 atom stereocenters. The van der Waals surface area contributed by atoms with Crippen LogP contribution in [-0.4, -0.2) is 26.7 Å². The van der Waals surface area contributed by atoms with E-state index in [-0.39, 0.29) is 5.92 Å². The first-order valence-electron chi connectivity index (χ1n) is 8.07. The molecule has 1 N–H and O–H groups in total. The van der Waals surface area contributed by atoms with Gasteiger partial charge in [0.2, 0.25) is 0 Å². The number of rotatable bonds is 6. The predicted molar refractivity (Wildman–Crippen MR) is 92.8 cm³/mol. The van der Waals surface area contributed by atoms with Crippen LogP contribution in [0.3, 0.4) is 0 Å². The first-order valence-corrected chi connectivity index (χ1v) is 8.07. The van der Waals surface area contributed by atoms with Crippen LogP contribution < -0.4 is 5.32 Å². The van der Waals surface area contributed by atoms with Crippen LogP contribution in [0.2, 0.25) is 0 Å². The van der Waals surface area contributed by atoms with Crippen molar-refractivity contribution in [1.29, 1.82) is 0 Å². The number of nitrogens with zero attached hydrogens (tertiary/aromatic N) is 4. The fourth-order valence-corrected chi connectivity index (χ4v) is 2.23. The molecule has 0 fully saturated rings. The van der Waals surface area contributed by atoms with Crippen LogP contribution in [0.5, 0.6) is 0 Å². The van der Waals surface area contributed by atoms with Crippen molar-refractivity contribution in [3.8, 4) is 11.5 Å². The van der Waals surface area contributed by atoms with E-state index in [0.717, 1.165) is 30.0 Å². The molecule has 124 valence electrons. The molecule has 3 rings (SSSR count). The zero-order chi connectivity index (χ0) is 16.9. The number of hydrogen-bond acceptors (Lipinski definition) is 6. The fraction of sp³-hybridized carbons (Fsp3) is 0.333. The lowest BCUT2D eigenvalue weighted by Gasteiger charge is -2.06. The molecule has 3 heterocycles. The molecule has 3 aromatic rings. The average molecular weight is 323 g/mol. The maximum Gasteiger partial charge on any atom is 0.258 e. The summed E-state index contributed by atoms with van der Waals surface area (Å²) in [5.41, 5.74) is 3.09. The summed E-state index contributed by atoms with van der Waals surface area (Å²) in [5.74, 6) is 2.26. The van der Waals surface area contributed by atoms with Gasteiger partial charge in [0.05, 0.1) is 0 Å². The average Bonchev–Trinajstić information content (AvgIpc) is 3.07. The van der Waals surface area contributed by atoms with E-state index >= 15 is 0 Å². The van der Waals surface area contributed by atoms with Crippen molar-refractivity contribution in [3.05, 3.63) is 53.7 Å². The Morgan fingerprint density at radius 1 is 1.17 bits per heavy atom. The van der Waals surface area contributed by atoms with Crippen molar-refractivity contribution in [2.75, 3.05) is 11.9 Å². The molecule has 0 radical (unpaired) electrons. The number of hydrogen-bond donors (Lipinski definition) is 1. The van der Waals surface area contributed by atoms with Crippen molar-refractivity contribution >= 4 is 5.82 Å². The Labute approximate surface area is 141 Å². The first-order chi connectivity index (χ1) is 11.6. The van der Waals surface area contributed by atoms with Gasteiger partial charge in [-0.1, -0.05) is 25.1 Å². The van der Waals surface area contributed by atoms with Gasteiger partial charge >= 0.3 is 0 Å². The van der Waals surface area contributed by atoms with E-state index in [0.29, 0.717) is 11.7 Å². The van der Waals surface area contributed by atoms with E-state index in [1.807, 2.05) is 45.2 Å². The minimum Gasteiger partial charge on any atom is -0.370 e. The topological polar surface area (TPSA) is 76.7 Å². The lowest BCUT2D eigenvalue weighted by molar-refractivity contribution is 0.419. The monoisotopic (exact) mass is 323 g/mol. The normalized spacial score (nSPS) is 11.0. The van der Waals surface area contributed by atoms with Gasteiger partial charge in [-0.3, -0.25) is 4.98 Å². The van der Waals surface area contributed by atoms with Crippen LogP contribution in [0.25, 0.3) is 11.5 Å². The molecular formula is C18H21N5O. The van der Waals surface area contributed by atoms with Crippen molar-refractivity contribution in [2.45, 2.75) is 33.1 Å². The quantitative estimate of drug-likeness (QED) is 0.746. The molecular weight excluding hydrogens is 302 g/mol. The Hall–Kier alpha value is -2.76. The number of aryl methyl sites for hydroxylation is 1.